The van der Waals surface area contributed by atoms with Gasteiger partial charge in [0.15, 0.2) is 0 Å². The Balaban J connectivity index is 4.37. The molecule has 0 aliphatic carbocycles. The van der Waals surface area contributed by atoms with Gasteiger partial charge in [-0.25, -0.2) is 4.79 Å². The van der Waals surface area contributed by atoms with E-state index in [0.717, 1.165) is 6.08 Å². The van der Waals surface area contributed by atoms with Crippen LogP contribution in [0.25, 0.3) is 0 Å². The number of carbonyl (C=O) groups is 1. The molecule has 0 atom stereocenters. The molecule has 0 aromatic carbocycles. The second-order valence-electron chi connectivity index (χ2n) is 1.01. The molecule has 4 nitrogen and oxygen atoms in total. The van der Waals surface area contributed by atoms with Gasteiger partial charge in [0, 0.05) is 6.08 Å². The lowest BCUT2D eigenvalue weighted by Crippen LogP contribution is -2.09. The molecule has 0 aromatic rings. The third-order valence-electron chi connectivity index (χ3n) is 0.533. The summed E-state index contributed by atoms with van der Waals surface area (Å²) in [5.74, 6) is -1.23. The number of hydrogen-bond donors (Lipinski definition) is 2. The minimum absolute atomic E-state index is 0.343. The van der Waals surface area contributed by atoms with Gasteiger partial charge in [0.05, 0.1) is 10.3 Å². The number of carboxylic acids is 1. The Morgan fingerprint density at radius 1 is 1.88 bits per heavy atom. The molecule has 4 heteroatoms. The fourth-order valence-corrected chi connectivity index (χ4v) is 0.181. The van der Waals surface area contributed by atoms with Crippen molar-refractivity contribution in [2.24, 2.45) is 0 Å². The van der Waals surface area contributed by atoms with Crippen LogP contribution in [0.1, 0.15) is 0 Å². The summed E-state index contributed by atoms with van der Waals surface area (Å²) in [7, 11) is 0. The normalized spacial score (nSPS) is 7.00. The minimum Gasteiger partial charge on any atom is -0.472 e. The van der Waals surface area contributed by atoms with Gasteiger partial charge in [0.2, 0.25) is 0 Å². The van der Waals surface area contributed by atoms with Crippen molar-refractivity contribution in [1.29, 1.82) is 5.53 Å². The van der Waals surface area contributed by atoms with Crippen LogP contribution in [0.5, 0.6) is 0 Å². The van der Waals surface area contributed by atoms with Gasteiger partial charge in [-0.3, -0.25) is 0 Å². The number of nitrogens with one attached hydrogen (secondary N) is 1. The van der Waals surface area contributed by atoms with E-state index in [2.05, 4.69) is 11.4 Å². The first-order valence-electron chi connectivity index (χ1n) is 1.82. The van der Waals surface area contributed by atoms with E-state index >= 15 is 0 Å². The van der Waals surface area contributed by atoms with E-state index in [0.29, 0.717) is 0 Å². The van der Waals surface area contributed by atoms with Crippen molar-refractivity contribution in [3.63, 3.8) is 0 Å². The first kappa shape index (κ1) is 6.59. The Morgan fingerprint density at radius 2 is 2.38 bits per heavy atom. The zero-order valence-electron chi connectivity index (χ0n) is 4.09. The predicted molar refractivity (Wildman–Crippen MR) is 25.8 cm³/mol. The number of aliphatic carboxylic acids is 1. The third kappa shape index (κ3) is 1.36. The lowest BCUT2D eigenvalue weighted by atomic mass is 10.4. The maximum absolute atomic E-state index is 9.84. The fourth-order valence-electron chi connectivity index (χ4n) is 0.181. The quantitative estimate of drug-likeness (QED) is 0.299. The highest BCUT2D eigenvalue weighted by molar-refractivity contribution is 6.37. The zero-order valence-corrected chi connectivity index (χ0v) is 4.09. The molecule has 0 unspecified atom stereocenters. The Kier molecular flexibility index (Phi) is 2.23. The lowest BCUT2D eigenvalue weighted by molar-refractivity contribution is -0.147. The van der Waals surface area contributed by atoms with E-state index in [1.807, 2.05) is 0 Å². The molecule has 2 N–H and O–H groups in total. The molecular weight excluding hydrogens is 108 g/mol. The average Bonchev–Trinajstić information content (AvgIpc) is 1.69. The van der Waals surface area contributed by atoms with E-state index in [1.165, 1.54) is 0 Å². The third-order valence-corrected chi connectivity index (χ3v) is 0.533. The van der Waals surface area contributed by atoms with Crippen LogP contribution in [-0.4, -0.2) is 21.6 Å². The molecule has 0 bridgehead atoms. The minimum atomic E-state index is -1.23. The number of carboxylic acid groups (broad SMARTS) is 1. The lowest BCUT2D eigenvalue weighted by Gasteiger charge is -1.68. The standard InChI is InChI=1S/C4H4N2O2/c1-2-3(6-5)4(7)8/h2,5H,1H2/p+1. The predicted octanol–water partition coefficient (Wildman–Crippen LogP) is -0.0628. The van der Waals surface area contributed by atoms with Crippen LogP contribution < -0.4 is 0 Å². The second kappa shape index (κ2) is 2.71. The van der Waals surface area contributed by atoms with Gasteiger partial charge >= 0.3 is 11.7 Å². The molecule has 0 saturated carbocycles. The monoisotopic (exact) mass is 113 g/mol. The molecule has 0 rings (SSSR count). The van der Waals surface area contributed by atoms with E-state index in [1.54, 1.807) is 0 Å². The van der Waals surface area contributed by atoms with Crippen molar-refractivity contribution >= 4 is 11.7 Å². The van der Waals surface area contributed by atoms with Crippen LogP contribution in [0.2, 0.25) is 0 Å². The highest BCUT2D eigenvalue weighted by Gasteiger charge is 2.14. The average molecular weight is 113 g/mol. The largest absolute Gasteiger partial charge is 0.472 e. The number of hydrogen-bond acceptors (Lipinski definition) is 2. The van der Waals surface area contributed by atoms with Gasteiger partial charge < -0.3 is 5.11 Å². The summed E-state index contributed by atoms with van der Waals surface area (Å²) in [4.78, 5) is 12.5. The maximum atomic E-state index is 9.84. The molecule has 0 amide bonds. The Labute approximate surface area is 45.7 Å². The molecule has 0 saturated heterocycles. The molecule has 0 aliphatic rings. The van der Waals surface area contributed by atoms with Crippen molar-refractivity contribution in [2.75, 3.05) is 0 Å². The van der Waals surface area contributed by atoms with Crippen molar-refractivity contribution < 1.29 is 14.7 Å². The SMILES string of the molecule is C=CC(=[N+]=N)C(=O)O. The summed E-state index contributed by atoms with van der Waals surface area (Å²) in [6, 6.07) is 0. The summed E-state index contributed by atoms with van der Waals surface area (Å²) >= 11 is 0. The molecular formula is C4H5N2O2+. The van der Waals surface area contributed by atoms with Crippen LogP contribution >= 0.6 is 0 Å². The Bertz CT molecular complexity index is 167. The topological polar surface area (TPSA) is 75.2 Å². The van der Waals surface area contributed by atoms with Crippen molar-refractivity contribution in [2.45, 2.75) is 0 Å². The van der Waals surface area contributed by atoms with Crippen molar-refractivity contribution in [3.8, 4) is 0 Å². The van der Waals surface area contributed by atoms with Crippen molar-refractivity contribution in [1.82, 2.24) is 0 Å². The van der Waals surface area contributed by atoms with Crippen LogP contribution in [0, 0.1) is 5.53 Å². The molecule has 8 heavy (non-hydrogen) atoms. The smallest absolute Gasteiger partial charge is 0.447 e. The first-order valence-corrected chi connectivity index (χ1v) is 1.82. The van der Waals surface area contributed by atoms with Gasteiger partial charge in [-0.15, -0.1) is 0 Å². The maximum Gasteiger partial charge on any atom is 0.447 e. The van der Waals surface area contributed by atoms with Crippen LogP contribution in [0.15, 0.2) is 12.7 Å². The Hall–Kier alpha value is -1.41. The van der Waals surface area contributed by atoms with Crippen molar-refractivity contribution in [3.05, 3.63) is 12.7 Å². The van der Waals surface area contributed by atoms with Gasteiger partial charge in [-0.2, -0.15) is 0 Å². The van der Waals surface area contributed by atoms with Crippen LogP contribution in [-0.2, 0) is 4.79 Å². The Morgan fingerprint density at radius 3 is 2.38 bits per heavy atom. The first-order chi connectivity index (χ1) is 3.72. The summed E-state index contributed by atoms with van der Waals surface area (Å²) in [6.45, 7) is 3.12. The zero-order chi connectivity index (χ0) is 6.57. The van der Waals surface area contributed by atoms with Gasteiger partial charge in [-0.1, -0.05) is 6.58 Å². The van der Waals surface area contributed by atoms with Crippen LogP contribution in [0.4, 0.5) is 0 Å². The molecule has 0 aliphatic heterocycles. The molecule has 0 spiro atoms. The summed E-state index contributed by atoms with van der Waals surface area (Å²) in [5.41, 5.74) is 5.88. The molecule has 42 valence electrons. The summed E-state index contributed by atoms with van der Waals surface area (Å²) in [6.07, 6.45) is 1.01. The number of rotatable bonds is 2. The number of nitrogens with zero attached hydrogens (tertiary/aromatic N) is 1. The van der Waals surface area contributed by atoms with Gasteiger partial charge in [-0.05, 0) is 0 Å². The highest BCUT2D eigenvalue weighted by Crippen LogP contribution is 1.69. The molecule has 0 heterocycles. The van der Waals surface area contributed by atoms with E-state index in [9.17, 15) is 4.79 Å². The van der Waals surface area contributed by atoms with Crippen LogP contribution in [0.3, 0.4) is 0 Å². The van der Waals surface area contributed by atoms with E-state index < -0.39 is 5.97 Å². The van der Waals surface area contributed by atoms with E-state index in [-0.39, 0.29) is 5.71 Å². The highest BCUT2D eigenvalue weighted by atomic mass is 16.4. The second-order valence-corrected chi connectivity index (χ2v) is 1.01. The van der Waals surface area contributed by atoms with Gasteiger partial charge in [0.25, 0.3) is 0 Å². The fraction of sp³-hybridized carbons (Fsp3) is 0. The van der Waals surface area contributed by atoms with Gasteiger partial charge in [0.1, 0.15) is 0 Å². The van der Waals surface area contributed by atoms with E-state index in [4.69, 9.17) is 10.6 Å². The molecule has 0 radical (unpaired) electrons. The molecule has 0 fully saturated rings. The summed E-state index contributed by atoms with van der Waals surface area (Å²) < 4.78 is 0. The summed E-state index contributed by atoms with van der Waals surface area (Å²) in [5, 5.41) is 8.05. The molecule has 0 aromatic heterocycles.